The van der Waals surface area contributed by atoms with E-state index in [1.54, 1.807) is 14.2 Å². The Morgan fingerprint density at radius 3 is 2.52 bits per heavy atom. The quantitative estimate of drug-likeness (QED) is 0.616. The zero-order valence-corrected chi connectivity index (χ0v) is 14.9. The predicted molar refractivity (Wildman–Crippen MR) is 92.1 cm³/mol. The summed E-state index contributed by atoms with van der Waals surface area (Å²) in [5.74, 6) is 0. The number of ether oxygens (including phenoxy) is 2. The summed E-state index contributed by atoms with van der Waals surface area (Å²) >= 11 is 3.70. The molecule has 0 heterocycles. The molecule has 0 atom stereocenters. The van der Waals surface area contributed by atoms with Crippen LogP contribution in [0.3, 0.4) is 0 Å². The van der Waals surface area contributed by atoms with Crippen LogP contribution in [0.25, 0.3) is 0 Å². The highest BCUT2D eigenvalue weighted by atomic mass is 79.9. The van der Waals surface area contributed by atoms with Gasteiger partial charge >= 0.3 is 0 Å². The molecule has 0 spiro atoms. The lowest BCUT2D eigenvalue weighted by Gasteiger charge is -2.26. The first kappa shape index (κ1) is 18.4. The van der Waals surface area contributed by atoms with Crippen molar-refractivity contribution in [1.29, 1.82) is 0 Å². The zero-order chi connectivity index (χ0) is 15.5. The molecule has 0 fully saturated rings. The smallest absolute Gasteiger partial charge is 0.0637 e. The molecule has 1 aromatic carbocycles. The number of methoxy groups -OCH3 is 2. The molecule has 0 aromatic heterocycles. The summed E-state index contributed by atoms with van der Waals surface area (Å²) in [5, 5.41) is 3.35. The molecular formula is C16H27BrN2O2. The van der Waals surface area contributed by atoms with Crippen LogP contribution in [0.2, 0.25) is 0 Å². The van der Waals surface area contributed by atoms with Crippen LogP contribution in [0.15, 0.2) is 22.7 Å². The third-order valence-electron chi connectivity index (χ3n) is 3.27. The van der Waals surface area contributed by atoms with E-state index in [4.69, 9.17) is 9.47 Å². The molecule has 1 rings (SSSR count). The minimum Gasteiger partial charge on any atom is -0.385 e. The fraction of sp³-hybridized carbons (Fsp3) is 0.625. The summed E-state index contributed by atoms with van der Waals surface area (Å²) in [6, 6.07) is 6.55. The van der Waals surface area contributed by atoms with Gasteiger partial charge in [-0.2, -0.15) is 0 Å². The Kier molecular flexibility index (Phi) is 9.67. The Balaban J connectivity index is 2.75. The van der Waals surface area contributed by atoms with Gasteiger partial charge in [0.15, 0.2) is 0 Å². The Hall–Kier alpha value is -0.620. The topological polar surface area (TPSA) is 33.7 Å². The first-order valence-corrected chi connectivity index (χ1v) is 8.24. The molecule has 5 heteroatoms. The highest BCUT2D eigenvalue weighted by molar-refractivity contribution is 9.10. The Labute approximate surface area is 136 Å². The number of benzene rings is 1. The van der Waals surface area contributed by atoms with Gasteiger partial charge in [0, 0.05) is 44.9 Å². The van der Waals surface area contributed by atoms with E-state index in [0.717, 1.165) is 50.3 Å². The lowest BCUT2D eigenvalue weighted by molar-refractivity contribution is 0.191. The number of hydrogen-bond donors (Lipinski definition) is 1. The molecule has 0 radical (unpaired) electrons. The summed E-state index contributed by atoms with van der Waals surface area (Å²) in [6.07, 6.45) is 1.01. The van der Waals surface area contributed by atoms with E-state index in [-0.39, 0.29) is 0 Å². The van der Waals surface area contributed by atoms with E-state index >= 15 is 0 Å². The molecule has 21 heavy (non-hydrogen) atoms. The van der Waals surface area contributed by atoms with Crippen LogP contribution in [0.1, 0.15) is 18.9 Å². The fourth-order valence-corrected chi connectivity index (χ4v) is 2.82. The molecule has 0 aliphatic carbocycles. The minimum absolute atomic E-state index is 0.721. The molecular weight excluding hydrogens is 332 g/mol. The molecule has 0 bridgehead atoms. The lowest BCUT2D eigenvalue weighted by Crippen LogP contribution is -2.29. The van der Waals surface area contributed by atoms with Crippen LogP contribution in [-0.2, 0) is 16.0 Å². The molecule has 1 aromatic rings. The van der Waals surface area contributed by atoms with E-state index in [9.17, 15) is 0 Å². The maximum Gasteiger partial charge on any atom is 0.0637 e. The molecule has 0 saturated carbocycles. The van der Waals surface area contributed by atoms with Crippen molar-refractivity contribution < 1.29 is 9.47 Å². The average molecular weight is 359 g/mol. The molecule has 0 unspecified atom stereocenters. The van der Waals surface area contributed by atoms with Gasteiger partial charge in [-0.15, -0.1) is 0 Å². The third kappa shape index (κ3) is 6.78. The summed E-state index contributed by atoms with van der Waals surface area (Å²) in [7, 11) is 3.48. The molecule has 1 N–H and O–H groups in total. The number of anilines is 1. The average Bonchev–Trinajstić information content (AvgIpc) is 2.49. The summed E-state index contributed by atoms with van der Waals surface area (Å²) in [4.78, 5) is 2.34. The van der Waals surface area contributed by atoms with Crippen molar-refractivity contribution in [2.75, 3.05) is 52.0 Å². The van der Waals surface area contributed by atoms with Gasteiger partial charge in [0.1, 0.15) is 0 Å². The van der Waals surface area contributed by atoms with Crippen molar-refractivity contribution >= 4 is 21.6 Å². The van der Waals surface area contributed by atoms with Crippen molar-refractivity contribution in [3.05, 3.63) is 28.2 Å². The second kappa shape index (κ2) is 11.0. The highest BCUT2D eigenvalue weighted by Crippen LogP contribution is 2.27. The van der Waals surface area contributed by atoms with E-state index in [1.807, 2.05) is 0 Å². The molecule has 0 amide bonds. The van der Waals surface area contributed by atoms with E-state index in [2.05, 4.69) is 51.3 Å². The molecule has 0 aliphatic heterocycles. The number of halogens is 1. The standard InChI is InChI=1S/C16H27BrN2O2/c1-4-18-13-14-6-7-16(15(17)12-14)19(9-11-21-3)8-5-10-20-2/h6-7,12,18H,4-5,8-11,13H2,1-3H3. The van der Waals surface area contributed by atoms with Gasteiger partial charge in [0.25, 0.3) is 0 Å². The van der Waals surface area contributed by atoms with Gasteiger partial charge in [0.2, 0.25) is 0 Å². The van der Waals surface area contributed by atoms with Crippen molar-refractivity contribution in [1.82, 2.24) is 5.32 Å². The first-order chi connectivity index (χ1) is 10.2. The third-order valence-corrected chi connectivity index (χ3v) is 3.91. The van der Waals surface area contributed by atoms with Crippen LogP contribution in [0.4, 0.5) is 5.69 Å². The molecule has 0 aliphatic rings. The Morgan fingerprint density at radius 1 is 1.14 bits per heavy atom. The van der Waals surface area contributed by atoms with Gasteiger partial charge in [0.05, 0.1) is 12.3 Å². The highest BCUT2D eigenvalue weighted by Gasteiger charge is 2.10. The van der Waals surface area contributed by atoms with Gasteiger partial charge in [-0.1, -0.05) is 13.0 Å². The van der Waals surface area contributed by atoms with Crippen molar-refractivity contribution in [3.63, 3.8) is 0 Å². The van der Waals surface area contributed by atoms with Gasteiger partial charge in [-0.05, 0) is 46.6 Å². The SMILES string of the molecule is CCNCc1ccc(N(CCCOC)CCOC)c(Br)c1. The number of hydrogen-bond acceptors (Lipinski definition) is 4. The van der Waals surface area contributed by atoms with Gasteiger partial charge in [-0.25, -0.2) is 0 Å². The Morgan fingerprint density at radius 2 is 1.90 bits per heavy atom. The van der Waals surface area contributed by atoms with E-state index in [1.165, 1.54) is 11.3 Å². The van der Waals surface area contributed by atoms with Crippen LogP contribution >= 0.6 is 15.9 Å². The van der Waals surface area contributed by atoms with Crippen LogP contribution in [-0.4, -0.2) is 47.1 Å². The van der Waals surface area contributed by atoms with E-state index < -0.39 is 0 Å². The Bertz CT molecular complexity index is 402. The van der Waals surface area contributed by atoms with Crippen LogP contribution < -0.4 is 10.2 Å². The number of nitrogens with zero attached hydrogens (tertiary/aromatic N) is 1. The maximum atomic E-state index is 5.22. The molecule has 4 nitrogen and oxygen atoms in total. The van der Waals surface area contributed by atoms with Gasteiger partial charge in [-0.3, -0.25) is 0 Å². The first-order valence-electron chi connectivity index (χ1n) is 7.44. The summed E-state index contributed by atoms with van der Waals surface area (Å²) < 4.78 is 11.5. The molecule has 0 saturated heterocycles. The van der Waals surface area contributed by atoms with Crippen molar-refractivity contribution in [2.45, 2.75) is 19.9 Å². The minimum atomic E-state index is 0.721. The normalized spacial score (nSPS) is 10.9. The zero-order valence-electron chi connectivity index (χ0n) is 13.3. The largest absolute Gasteiger partial charge is 0.385 e. The van der Waals surface area contributed by atoms with E-state index in [0.29, 0.717) is 0 Å². The van der Waals surface area contributed by atoms with Gasteiger partial charge < -0.3 is 19.7 Å². The lowest BCUT2D eigenvalue weighted by atomic mass is 10.2. The second-order valence-corrected chi connectivity index (χ2v) is 5.75. The maximum absolute atomic E-state index is 5.22. The summed E-state index contributed by atoms with van der Waals surface area (Å²) in [5.41, 5.74) is 2.50. The fourth-order valence-electron chi connectivity index (χ4n) is 2.14. The van der Waals surface area contributed by atoms with Crippen molar-refractivity contribution in [3.8, 4) is 0 Å². The monoisotopic (exact) mass is 358 g/mol. The predicted octanol–water partition coefficient (Wildman–Crippen LogP) is 3.05. The molecule has 120 valence electrons. The summed E-state index contributed by atoms with van der Waals surface area (Å²) in [6.45, 7) is 7.34. The van der Waals surface area contributed by atoms with Crippen LogP contribution in [0.5, 0.6) is 0 Å². The second-order valence-electron chi connectivity index (χ2n) is 4.89. The number of rotatable bonds is 11. The van der Waals surface area contributed by atoms with Crippen LogP contribution in [0, 0.1) is 0 Å². The van der Waals surface area contributed by atoms with Crippen molar-refractivity contribution in [2.24, 2.45) is 0 Å². The number of nitrogens with one attached hydrogen (secondary N) is 1.